The lowest BCUT2D eigenvalue weighted by molar-refractivity contribution is 0.0187. The summed E-state index contributed by atoms with van der Waals surface area (Å²) in [6.07, 6.45) is 1.49. The lowest BCUT2D eigenvalue weighted by atomic mass is 10.1. The van der Waals surface area contributed by atoms with E-state index in [-0.39, 0.29) is 43.2 Å². The number of hydrogen-bond acceptors (Lipinski definition) is 7. The molecule has 3 rings (SSSR count). The normalized spacial score (nSPS) is 18.0. The summed E-state index contributed by atoms with van der Waals surface area (Å²) in [6, 6.07) is 3.04. The van der Waals surface area contributed by atoms with Crippen molar-refractivity contribution in [1.82, 2.24) is 9.71 Å². The van der Waals surface area contributed by atoms with Crippen molar-refractivity contribution in [3.8, 4) is 0 Å². The van der Waals surface area contributed by atoms with E-state index in [1.165, 1.54) is 12.3 Å². The van der Waals surface area contributed by atoms with Gasteiger partial charge in [-0.05, 0) is 48.8 Å². The Bertz CT molecular complexity index is 990. The van der Waals surface area contributed by atoms with E-state index >= 15 is 0 Å². The van der Waals surface area contributed by atoms with Crippen LogP contribution in [0.3, 0.4) is 0 Å². The Labute approximate surface area is 183 Å². The van der Waals surface area contributed by atoms with Crippen molar-refractivity contribution in [1.29, 1.82) is 0 Å². The van der Waals surface area contributed by atoms with Crippen molar-refractivity contribution in [2.45, 2.75) is 37.4 Å². The third-order valence-corrected chi connectivity index (χ3v) is 6.53. The fourth-order valence-electron chi connectivity index (χ4n) is 3.17. The molecule has 166 valence electrons. The number of nitrogens with zero attached hydrogens (tertiary/aromatic N) is 1. The van der Waals surface area contributed by atoms with E-state index in [1.54, 1.807) is 0 Å². The average molecular weight is 506 g/mol. The first-order valence-electron chi connectivity index (χ1n) is 9.43. The Kier molecular flexibility index (Phi) is 7.18. The smallest absolute Gasteiger partial charge is 0.244 e. The SMILES string of the molecule is Cc1cc(C(C)Nc2ncc(Br)cc2S(=O)(=O)NCC2(F)COCCOC2)c(C)o1. The van der Waals surface area contributed by atoms with Crippen molar-refractivity contribution < 1.29 is 26.7 Å². The van der Waals surface area contributed by atoms with Gasteiger partial charge in [0.05, 0.1) is 32.5 Å². The second kappa shape index (κ2) is 9.31. The molecule has 8 nitrogen and oxygen atoms in total. The van der Waals surface area contributed by atoms with Gasteiger partial charge in [0.15, 0.2) is 5.67 Å². The Morgan fingerprint density at radius 3 is 2.53 bits per heavy atom. The van der Waals surface area contributed by atoms with Gasteiger partial charge in [0.25, 0.3) is 0 Å². The van der Waals surface area contributed by atoms with Crippen molar-refractivity contribution in [3.05, 3.63) is 39.9 Å². The number of pyridine rings is 1. The van der Waals surface area contributed by atoms with Gasteiger partial charge in [0, 0.05) is 22.8 Å². The Hall–Kier alpha value is -1.53. The molecule has 2 N–H and O–H groups in total. The highest BCUT2D eigenvalue weighted by Crippen LogP contribution is 2.29. The van der Waals surface area contributed by atoms with Crippen LogP contribution in [-0.2, 0) is 19.5 Å². The molecule has 2 aromatic rings. The summed E-state index contributed by atoms with van der Waals surface area (Å²) >= 11 is 3.25. The fourth-order valence-corrected chi connectivity index (χ4v) is 4.91. The molecule has 1 aliphatic rings. The number of hydrogen-bond donors (Lipinski definition) is 2. The number of sulfonamides is 1. The van der Waals surface area contributed by atoms with Crippen molar-refractivity contribution in [2.75, 3.05) is 38.3 Å². The first-order valence-corrected chi connectivity index (χ1v) is 11.7. The second-order valence-electron chi connectivity index (χ2n) is 7.32. The highest BCUT2D eigenvalue weighted by atomic mass is 79.9. The summed E-state index contributed by atoms with van der Waals surface area (Å²) in [5.74, 6) is 1.65. The molecule has 3 heterocycles. The predicted molar refractivity (Wildman–Crippen MR) is 113 cm³/mol. The minimum atomic E-state index is -4.08. The maximum Gasteiger partial charge on any atom is 0.244 e. The Balaban J connectivity index is 1.82. The molecule has 1 fully saturated rings. The summed E-state index contributed by atoms with van der Waals surface area (Å²) < 4.78 is 59.6. The first kappa shape index (κ1) is 23.1. The number of anilines is 1. The number of ether oxygens (including phenoxy) is 2. The molecule has 1 saturated heterocycles. The van der Waals surface area contributed by atoms with Gasteiger partial charge in [-0.15, -0.1) is 0 Å². The zero-order valence-corrected chi connectivity index (χ0v) is 19.4. The van der Waals surface area contributed by atoms with E-state index in [4.69, 9.17) is 13.9 Å². The van der Waals surface area contributed by atoms with E-state index in [9.17, 15) is 12.8 Å². The number of aryl methyl sites for hydroxylation is 2. The van der Waals surface area contributed by atoms with Crippen LogP contribution in [-0.4, -0.2) is 52.0 Å². The van der Waals surface area contributed by atoms with Crippen LogP contribution in [0.5, 0.6) is 0 Å². The van der Waals surface area contributed by atoms with Crippen molar-refractivity contribution >= 4 is 31.8 Å². The molecule has 11 heteroatoms. The summed E-state index contributed by atoms with van der Waals surface area (Å²) in [5.41, 5.74) is -1.06. The first-order chi connectivity index (χ1) is 14.1. The summed E-state index contributed by atoms with van der Waals surface area (Å²) in [7, 11) is -4.08. The maximum atomic E-state index is 14.9. The Morgan fingerprint density at radius 1 is 1.27 bits per heavy atom. The van der Waals surface area contributed by atoms with Gasteiger partial charge in [-0.3, -0.25) is 0 Å². The number of alkyl halides is 1. The van der Waals surface area contributed by atoms with Crippen LogP contribution in [0.4, 0.5) is 10.2 Å². The number of rotatable bonds is 7. The number of nitrogens with one attached hydrogen (secondary N) is 2. The molecular formula is C19H25BrFN3O5S. The summed E-state index contributed by atoms with van der Waals surface area (Å²) in [4.78, 5) is 4.13. The minimum absolute atomic E-state index is 0.0966. The number of furan rings is 1. The van der Waals surface area contributed by atoms with E-state index in [0.717, 1.165) is 17.1 Å². The molecule has 30 heavy (non-hydrogen) atoms. The highest BCUT2D eigenvalue weighted by molar-refractivity contribution is 9.10. The van der Waals surface area contributed by atoms with Crippen LogP contribution in [0.2, 0.25) is 0 Å². The van der Waals surface area contributed by atoms with Gasteiger partial charge in [-0.2, -0.15) is 0 Å². The van der Waals surface area contributed by atoms with Crippen LogP contribution < -0.4 is 10.0 Å². The van der Waals surface area contributed by atoms with Gasteiger partial charge in [-0.1, -0.05) is 0 Å². The molecule has 1 unspecified atom stereocenters. The molecule has 2 aromatic heterocycles. The van der Waals surface area contributed by atoms with E-state index in [2.05, 4.69) is 31.0 Å². The third-order valence-electron chi connectivity index (χ3n) is 4.68. The summed E-state index contributed by atoms with van der Waals surface area (Å²) in [6.45, 7) is 5.14. The third kappa shape index (κ3) is 5.58. The largest absolute Gasteiger partial charge is 0.466 e. The van der Waals surface area contributed by atoms with E-state index in [1.807, 2.05) is 26.8 Å². The zero-order valence-electron chi connectivity index (χ0n) is 17.0. The lowest BCUT2D eigenvalue weighted by Gasteiger charge is -2.23. The Morgan fingerprint density at radius 2 is 1.93 bits per heavy atom. The standard InChI is InChI=1S/C19H25BrFN3O5S/c1-12-6-16(14(3)29-12)13(2)24-18-17(7-15(20)8-22-18)30(25,26)23-9-19(21)10-27-4-5-28-11-19/h6-8,13,23H,4-5,9-11H2,1-3H3,(H,22,24). The molecule has 0 amide bonds. The topological polar surface area (TPSA) is 103 Å². The molecule has 1 atom stereocenters. The minimum Gasteiger partial charge on any atom is -0.466 e. The highest BCUT2D eigenvalue weighted by Gasteiger charge is 2.35. The lowest BCUT2D eigenvalue weighted by Crippen LogP contribution is -2.45. The van der Waals surface area contributed by atoms with Crippen molar-refractivity contribution in [2.24, 2.45) is 0 Å². The van der Waals surface area contributed by atoms with Gasteiger partial charge in [0.1, 0.15) is 22.2 Å². The predicted octanol–water partition coefficient (Wildman–Crippen LogP) is 3.26. The monoisotopic (exact) mass is 505 g/mol. The maximum absolute atomic E-state index is 14.9. The quantitative estimate of drug-likeness (QED) is 0.595. The van der Waals surface area contributed by atoms with Gasteiger partial charge in [-0.25, -0.2) is 22.5 Å². The van der Waals surface area contributed by atoms with Gasteiger partial charge in [0.2, 0.25) is 10.0 Å². The van der Waals surface area contributed by atoms with Gasteiger partial charge < -0.3 is 19.2 Å². The van der Waals surface area contributed by atoms with Gasteiger partial charge >= 0.3 is 0 Å². The zero-order chi connectivity index (χ0) is 21.9. The molecule has 0 aromatic carbocycles. The molecular weight excluding hydrogens is 481 g/mol. The van der Waals surface area contributed by atoms with Crippen LogP contribution in [0, 0.1) is 13.8 Å². The molecule has 0 bridgehead atoms. The average Bonchev–Trinajstić information content (AvgIpc) is 2.88. The van der Waals surface area contributed by atoms with Crippen LogP contribution in [0.15, 0.2) is 32.1 Å². The number of aromatic nitrogens is 1. The molecule has 0 spiro atoms. The van der Waals surface area contributed by atoms with Crippen LogP contribution in [0.25, 0.3) is 0 Å². The van der Waals surface area contributed by atoms with Crippen LogP contribution in [0.1, 0.15) is 30.0 Å². The summed E-state index contributed by atoms with van der Waals surface area (Å²) in [5, 5.41) is 3.12. The van der Waals surface area contributed by atoms with Crippen molar-refractivity contribution in [3.63, 3.8) is 0 Å². The fraction of sp³-hybridized carbons (Fsp3) is 0.526. The molecule has 0 aliphatic carbocycles. The molecule has 0 saturated carbocycles. The van der Waals surface area contributed by atoms with Crippen LogP contribution >= 0.6 is 15.9 Å². The van der Waals surface area contributed by atoms with E-state index in [0.29, 0.717) is 4.47 Å². The molecule has 1 aliphatic heterocycles. The second-order valence-corrected chi connectivity index (χ2v) is 9.97. The number of halogens is 2. The molecule has 0 radical (unpaired) electrons. The van der Waals surface area contributed by atoms with E-state index < -0.39 is 22.2 Å².